The number of hydrogen-bond donors (Lipinski definition) is 2. The number of hydrogen-bond acceptors (Lipinski definition) is 2. The third-order valence-electron chi connectivity index (χ3n) is 3.56. The van der Waals surface area contributed by atoms with Crippen LogP contribution in [-0.2, 0) is 6.54 Å². The zero-order valence-corrected chi connectivity index (χ0v) is 13.7. The van der Waals surface area contributed by atoms with Crippen LogP contribution >= 0.6 is 23.4 Å². The van der Waals surface area contributed by atoms with Crippen LogP contribution in [0.1, 0.15) is 25.3 Å². The molecule has 1 unspecified atom stereocenters. The number of nitrogens with zero attached hydrogens (tertiary/aromatic N) is 1. The fourth-order valence-corrected chi connectivity index (χ4v) is 3.74. The molecule has 0 amide bonds. The average Bonchev–Trinajstić information content (AvgIpc) is 2.88. The third-order valence-corrected chi connectivity index (χ3v) is 5.46. The Morgan fingerprint density at radius 1 is 1.40 bits per heavy atom. The highest BCUT2D eigenvalue weighted by molar-refractivity contribution is 8.00. The molecule has 3 nitrogen and oxygen atoms in total. The summed E-state index contributed by atoms with van der Waals surface area (Å²) < 4.78 is 0.335. The molecule has 1 atom stereocenters. The first-order chi connectivity index (χ1) is 9.63. The van der Waals surface area contributed by atoms with Gasteiger partial charge in [0.15, 0.2) is 5.96 Å². The summed E-state index contributed by atoms with van der Waals surface area (Å²) in [5.74, 6) is 2.10. The molecule has 20 heavy (non-hydrogen) atoms. The molecule has 5 heteroatoms. The summed E-state index contributed by atoms with van der Waals surface area (Å²) in [5.41, 5.74) is 1.08. The highest BCUT2D eigenvalue weighted by Gasteiger charge is 2.29. The number of halogens is 1. The number of aliphatic imine (C=N–C) groups is 1. The van der Waals surface area contributed by atoms with Crippen LogP contribution in [0.2, 0.25) is 5.02 Å². The second-order valence-corrected chi connectivity index (χ2v) is 7.36. The lowest BCUT2D eigenvalue weighted by atomic mass is 10.1. The Kier molecular flexibility index (Phi) is 5.61. The van der Waals surface area contributed by atoms with Gasteiger partial charge in [-0.15, -0.1) is 0 Å². The predicted molar refractivity (Wildman–Crippen MR) is 89.8 cm³/mol. The van der Waals surface area contributed by atoms with E-state index in [1.807, 2.05) is 36.0 Å². The molecule has 1 aromatic rings. The predicted octanol–water partition coefficient (Wildman–Crippen LogP) is 3.29. The molecule has 1 aromatic carbocycles. The van der Waals surface area contributed by atoms with E-state index in [0.717, 1.165) is 23.1 Å². The van der Waals surface area contributed by atoms with Crippen LogP contribution < -0.4 is 10.6 Å². The Morgan fingerprint density at radius 3 is 2.85 bits per heavy atom. The minimum Gasteiger partial charge on any atom is -0.355 e. The van der Waals surface area contributed by atoms with Gasteiger partial charge in [0, 0.05) is 29.9 Å². The van der Waals surface area contributed by atoms with Crippen molar-refractivity contribution in [1.29, 1.82) is 0 Å². The minimum atomic E-state index is 0.335. The largest absolute Gasteiger partial charge is 0.355 e. The van der Waals surface area contributed by atoms with Crippen LogP contribution in [0.4, 0.5) is 0 Å². The van der Waals surface area contributed by atoms with Crippen LogP contribution in [0.5, 0.6) is 0 Å². The van der Waals surface area contributed by atoms with Crippen molar-refractivity contribution in [3.05, 3.63) is 34.9 Å². The van der Waals surface area contributed by atoms with E-state index in [1.165, 1.54) is 18.6 Å². The molecule has 0 saturated carbocycles. The summed E-state index contributed by atoms with van der Waals surface area (Å²) in [5, 5.41) is 7.52. The lowest BCUT2D eigenvalue weighted by molar-refractivity contribution is 0.584. The smallest absolute Gasteiger partial charge is 0.191 e. The average molecular weight is 312 g/mol. The Hall–Kier alpha value is -0.870. The van der Waals surface area contributed by atoms with Crippen molar-refractivity contribution in [1.82, 2.24) is 10.6 Å². The van der Waals surface area contributed by atoms with Crippen molar-refractivity contribution in [3.8, 4) is 0 Å². The molecule has 1 fully saturated rings. The van der Waals surface area contributed by atoms with Gasteiger partial charge in [0.1, 0.15) is 0 Å². The number of guanidine groups is 1. The molecule has 1 saturated heterocycles. The van der Waals surface area contributed by atoms with Gasteiger partial charge in [-0.05, 0) is 37.1 Å². The van der Waals surface area contributed by atoms with Crippen LogP contribution in [0, 0.1) is 0 Å². The lowest BCUT2D eigenvalue weighted by Crippen LogP contribution is -2.43. The molecule has 110 valence electrons. The molecule has 2 N–H and O–H groups in total. The maximum absolute atomic E-state index is 6.15. The summed E-state index contributed by atoms with van der Waals surface area (Å²) in [6, 6.07) is 7.87. The van der Waals surface area contributed by atoms with E-state index in [2.05, 4.69) is 22.5 Å². The van der Waals surface area contributed by atoms with Gasteiger partial charge in [0.2, 0.25) is 0 Å². The van der Waals surface area contributed by atoms with Gasteiger partial charge in [0.05, 0.1) is 0 Å². The molecule has 0 aromatic heterocycles. The van der Waals surface area contributed by atoms with Gasteiger partial charge in [-0.25, -0.2) is 0 Å². The first-order valence-electron chi connectivity index (χ1n) is 6.95. The van der Waals surface area contributed by atoms with E-state index >= 15 is 0 Å². The van der Waals surface area contributed by atoms with E-state index in [9.17, 15) is 0 Å². The molecule has 2 rings (SSSR count). The fourth-order valence-electron chi connectivity index (χ4n) is 2.29. The maximum atomic E-state index is 6.15. The summed E-state index contributed by atoms with van der Waals surface area (Å²) in [7, 11) is 1.80. The van der Waals surface area contributed by atoms with Crippen LogP contribution in [0.3, 0.4) is 0 Å². The monoisotopic (exact) mass is 311 g/mol. The van der Waals surface area contributed by atoms with Gasteiger partial charge in [-0.1, -0.05) is 29.8 Å². The summed E-state index contributed by atoms with van der Waals surface area (Å²) in [6.45, 7) is 3.95. The quantitative estimate of drug-likeness (QED) is 0.662. The van der Waals surface area contributed by atoms with Gasteiger partial charge in [-0.3, -0.25) is 4.99 Å². The number of rotatable bonds is 4. The summed E-state index contributed by atoms with van der Waals surface area (Å²) in [6.07, 6.45) is 2.58. The number of thioether (sulfide) groups is 1. The molecule has 0 bridgehead atoms. The third kappa shape index (κ3) is 4.32. The van der Waals surface area contributed by atoms with Crippen molar-refractivity contribution in [2.75, 3.05) is 19.3 Å². The second-order valence-electron chi connectivity index (χ2n) is 5.27. The van der Waals surface area contributed by atoms with Crippen LogP contribution in [-0.4, -0.2) is 30.1 Å². The first kappa shape index (κ1) is 15.5. The Labute approximate surface area is 130 Å². The maximum Gasteiger partial charge on any atom is 0.191 e. The Bertz CT molecular complexity index is 470. The van der Waals surface area contributed by atoms with E-state index in [0.29, 0.717) is 11.3 Å². The second kappa shape index (κ2) is 7.23. The van der Waals surface area contributed by atoms with E-state index in [4.69, 9.17) is 11.6 Å². The molecule has 1 aliphatic heterocycles. The molecule has 1 heterocycles. The topological polar surface area (TPSA) is 36.4 Å². The SMILES string of the molecule is CN=C(NCc1ccccc1Cl)NCC1(C)CCCS1. The highest BCUT2D eigenvalue weighted by Crippen LogP contribution is 2.36. The Balaban J connectivity index is 1.82. The van der Waals surface area contributed by atoms with Crippen LogP contribution in [0.15, 0.2) is 29.3 Å². The standard InChI is InChI=1S/C15H22ClN3S/c1-15(8-5-9-20-15)11-19-14(17-2)18-10-12-6-3-4-7-13(12)16/h3-4,6-7H,5,8-11H2,1-2H3,(H2,17,18,19). The molecule has 0 radical (unpaired) electrons. The van der Waals surface area contributed by atoms with Gasteiger partial charge in [0.25, 0.3) is 0 Å². The normalized spacial score (nSPS) is 22.9. The van der Waals surface area contributed by atoms with E-state index in [1.54, 1.807) is 7.05 Å². The molecular weight excluding hydrogens is 290 g/mol. The number of benzene rings is 1. The van der Waals surface area contributed by atoms with Crippen molar-refractivity contribution < 1.29 is 0 Å². The van der Waals surface area contributed by atoms with Gasteiger partial charge in [-0.2, -0.15) is 11.8 Å². The summed E-state index contributed by atoms with van der Waals surface area (Å²) in [4.78, 5) is 4.27. The van der Waals surface area contributed by atoms with E-state index in [-0.39, 0.29) is 0 Å². The zero-order chi connectivity index (χ0) is 14.4. The molecule has 0 spiro atoms. The van der Waals surface area contributed by atoms with E-state index < -0.39 is 0 Å². The van der Waals surface area contributed by atoms with Crippen molar-refractivity contribution in [2.24, 2.45) is 4.99 Å². The number of nitrogens with one attached hydrogen (secondary N) is 2. The molecule has 1 aliphatic rings. The van der Waals surface area contributed by atoms with Crippen LogP contribution in [0.25, 0.3) is 0 Å². The first-order valence-corrected chi connectivity index (χ1v) is 8.31. The van der Waals surface area contributed by atoms with Gasteiger partial charge < -0.3 is 10.6 Å². The highest BCUT2D eigenvalue weighted by atomic mass is 35.5. The van der Waals surface area contributed by atoms with Gasteiger partial charge >= 0.3 is 0 Å². The van der Waals surface area contributed by atoms with Crippen molar-refractivity contribution in [3.63, 3.8) is 0 Å². The Morgan fingerprint density at radius 2 is 2.20 bits per heavy atom. The fraction of sp³-hybridized carbons (Fsp3) is 0.533. The lowest BCUT2D eigenvalue weighted by Gasteiger charge is -2.24. The summed E-state index contributed by atoms with van der Waals surface area (Å²) >= 11 is 8.20. The minimum absolute atomic E-state index is 0.335. The van der Waals surface area contributed by atoms with Crippen molar-refractivity contribution in [2.45, 2.75) is 31.1 Å². The zero-order valence-electron chi connectivity index (χ0n) is 12.1. The molecule has 0 aliphatic carbocycles. The molecular formula is C15H22ClN3S. The van der Waals surface area contributed by atoms with Crippen molar-refractivity contribution >= 4 is 29.3 Å².